The third kappa shape index (κ3) is 8.68. The van der Waals surface area contributed by atoms with Gasteiger partial charge in [0.05, 0.1) is 6.61 Å². The van der Waals surface area contributed by atoms with Gasteiger partial charge in [0.1, 0.15) is 5.75 Å². The fourth-order valence-corrected chi connectivity index (χ4v) is 4.04. The Morgan fingerprint density at radius 2 is 1.48 bits per heavy atom. The topological polar surface area (TPSA) is 12.5 Å². The lowest BCUT2D eigenvalue weighted by atomic mass is 9.85. The first-order valence-corrected chi connectivity index (χ1v) is 11.4. The highest BCUT2D eigenvalue weighted by atomic mass is 16.5. The van der Waals surface area contributed by atoms with Crippen LogP contribution in [0.2, 0.25) is 0 Å². The SMILES string of the molecule is Cc1ccc(OCCCCCCN2CCCCCCCC2)c(C(C)(C)C)c1. The molecule has 0 aliphatic carbocycles. The number of nitrogens with zero attached hydrogens (tertiary/aromatic N) is 1. The average molecular weight is 374 g/mol. The maximum atomic E-state index is 6.15. The second-order valence-corrected chi connectivity index (χ2v) is 9.48. The van der Waals surface area contributed by atoms with Gasteiger partial charge < -0.3 is 9.64 Å². The van der Waals surface area contributed by atoms with Crippen molar-refractivity contribution < 1.29 is 4.74 Å². The lowest BCUT2D eigenvalue weighted by Gasteiger charge is -2.23. The normalized spacial score (nSPS) is 17.2. The van der Waals surface area contributed by atoms with Crippen molar-refractivity contribution in [3.8, 4) is 5.75 Å². The molecule has 27 heavy (non-hydrogen) atoms. The summed E-state index contributed by atoms with van der Waals surface area (Å²) in [7, 11) is 0. The molecule has 0 unspecified atom stereocenters. The molecule has 0 amide bonds. The van der Waals surface area contributed by atoms with Crippen LogP contribution in [0.1, 0.15) is 96.1 Å². The summed E-state index contributed by atoms with van der Waals surface area (Å²) in [6.07, 6.45) is 13.7. The summed E-state index contributed by atoms with van der Waals surface area (Å²) in [5.74, 6) is 1.07. The van der Waals surface area contributed by atoms with Crippen LogP contribution in [0.15, 0.2) is 18.2 Å². The quantitative estimate of drug-likeness (QED) is 0.460. The maximum Gasteiger partial charge on any atom is 0.123 e. The highest BCUT2D eigenvalue weighted by Crippen LogP contribution is 2.32. The second kappa shape index (κ2) is 11.7. The zero-order valence-electron chi connectivity index (χ0n) is 18.5. The van der Waals surface area contributed by atoms with Gasteiger partial charge >= 0.3 is 0 Å². The van der Waals surface area contributed by atoms with Gasteiger partial charge in [0.15, 0.2) is 0 Å². The van der Waals surface area contributed by atoms with Crippen LogP contribution in [-0.4, -0.2) is 31.1 Å². The van der Waals surface area contributed by atoms with Crippen LogP contribution >= 0.6 is 0 Å². The molecule has 0 atom stereocenters. The molecule has 1 aromatic rings. The average Bonchev–Trinajstić information content (AvgIpc) is 2.75. The Labute approximate surface area is 168 Å². The van der Waals surface area contributed by atoms with Crippen molar-refractivity contribution in [1.82, 2.24) is 4.90 Å². The largest absolute Gasteiger partial charge is 0.493 e. The van der Waals surface area contributed by atoms with Gasteiger partial charge in [-0.1, -0.05) is 77.0 Å². The number of hydrogen-bond donors (Lipinski definition) is 0. The van der Waals surface area contributed by atoms with Gasteiger partial charge in [-0.25, -0.2) is 0 Å². The van der Waals surface area contributed by atoms with Crippen molar-refractivity contribution in [3.05, 3.63) is 29.3 Å². The van der Waals surface area contributed by atoms with E-state index in [4.69, 9.17) is 4.74 Å². The first-order chi connectivity index (χ1) is 13.0. The summed E-state index contributed by atoms with van der Waals surface area (Å²) >= 11 is 0. The van der Waals surface area contributed by atoms with Gasteiger partial charge in [-0.05, 0) is 69.3 Å². The molecule has 2 heteroatoms. The molecule has 1 aliphatic rings. The highest BCUT2D eigenvalue weighted by Gasteiger charge is 2.19. The fraction of sp³-hybridized carbons (Fsp3) is 0.760. The molecule has 0 aromatic heterocycles. The van der Waals surface area contributed by atoms with E-state index < -0.39 is 0 Å². The van der Waals surface area contributed by atoms with Crippen LogP contribution in [0.3, 0.4) is 0 Å². The first kappa shape index (κ1) is 22.3. The van der Waals surface area contributed by atoms with E-state index in [1.807, 2.05) is 0 Å². The van der Waals surface area contributed by atoms with Crippen LogP contribution in [0, 0.1) is 6.92 Å². The zero-order valence-corrected chi connectivity index (χ0v) is 18.5. The summed E-state index contributed by atoms with van der Waals surface area (Å²) in [5.41, 5.74) is 2.77. The van der Waals surface area contributed by atoms with Crippen LogP contribution in [-0.2, 0) is 5.41 Å². The molecule has 0 spiro atoms. The van der Waals surface area contributed by atoms with Gasteiger partial charge in [-0.15, -0.1) is 0 Å². The Bertz CT molecular complexity index is 522. The van der Waals surface area contributed by atoms with Crippen LogP contribution in [0.5, 0.6) is 5.75 Å². The summed E-state index contributed by atoms with van der Waals surface area (Å²) in [6.45, 7) is 13.7. The number of benzene rings is 1. The molecule has 1 fully saturated rings. The summed E-state index contributed by atoms with van der Waals surface area (Å²) < 4.78 is 6.15. The third-order valence-electron chi connectivity index (χ3n) is 5.77. The Morgan fingerprint density at radius 1 is 0.852 bits per heavy atom. The molecule has 1 aliphatic heterocycles. The summed E-state index contributed by atoms with van der Waals surface area (Å²) in [6, 6.07) is 6.59. The predicted octanol–water partition coefficient (Wildman–Crippen LogP) is 6.89. The van der Waals surface area contributed by atoms with Crippen molar-refractivity contribution in [2.75, 3.05) is 26.2 Å². The number of rotatable bonds is 8. The van der Waals surface area contributed by atoms with E-state index in [0.29, 0.717) is 0 Å². The van der Waals surface area contributed by atoms with E-state index in [0.717, 1.165) is 18.8 Å². The Kier molecular flexibility index (Phi) is 9.68. The second-order valence-electron chi connectivity index (χ2n) is 9.48. The molecule has 0 saturated carbocycles. The molecule has 0 radical (unpaired) electrons. The van der Waals surface area contributed by atoms with Crippen molar-refractivity contribution >= 4 is 0 Å². The van der Waals surface area contributed by atoms with E-state index in [2.05, 4.69) is 50.8 Å². The molecule has 2 nitrogen and oxygen atoms in total. The highest BCUT2D eigenvalue weighted by molar-refractivity contribution is 5.41. The lowest BCUT2D eigenvalue weighted by molar-refractivity contribution is 0.258. The minimum atomic E-state index is 0.131. The molecular weight excluding hydrogens is 330 g/mol. The van der Waals surface area contributed by atoms with Crippen molar-refractivity contribution in [2.45, 2.75) is 97.3 Å². The van der Waals surface area contributed by atoms with Crippen molar-refractivity contribution in [2.24, 2.45) is 0 Å². The zero-order chi connectivity index (χ0) is 19.5. The van der Waals surface area contributed by atoms with Gasteiger partial charge in [-0.2, -0.15) is 0 Å². The molecule has 1 aromatic carbocycles. The monoisotopic (exact) mass is 373 g/mol. The number of aryl methyl sites for hydroxylation is 1. The summed E-state index contributed by atoms with van der Waals surface area (Å²) in [4.78, 5) is 2.71. The van der Waals surface area contributed by atoms with Gasteiger partial charge in [0.2, 0.25) is 0 Å². The number of ether oxygens (including phenoxy) is 1. The minimum Gasteiger partial charge on any atom is -0.493 e. The van der Waals surface area contributed by atoms with E-state index in [-0.39, 0.29) is 5.41 Å². The molecule has 2 rings (SSSR count). The molecule has 1 heterocycles. The van der Waals surface area contributed by atoms with Crippen LogP contribution in [0.4, 0.5) is 0 Å². The van der Waals surface area contributed by atoms with Gasteiger partial charge in [0, 0.05) is 0 Å². The Hall–Kier alpha value is -1.02. The Morgan fingerprint density at radius 3 is 2.15 bits per heavy atom. The van der Waals surface area contributed by atoms with E-state index in [1.165, 1.54) is 88.5 Å². The van der Waals surface area contributed by atoms with Gasteiger partial charge in [0.25, 0.3) is 0 Å². The lowest BCUT2D eigenvalue weighted by Crippen LogP contribution is -2.27. The molecule has 0 bridgehead atoms. The van der Waals surface area contributed by atoms with E-state index in [9.17, 15) is 0 Å². The van der Waals surface area contributed by atoms with Crippen LogP contribution in [0.25, 0.3) is 0 Å². The van der Waals surface area contributed by atoms with E-state index >= 15 is 0 Å². The van der Waals surface area contributed by atoms with Crippen molar-refractivity contribution in [3.63, 3.8) is 0 Å². The third-order valence-corrected chi connectivity index (χ3v) is 5.77. The molecular formula is C25H43NO. The summed E-state index contributed by atoms with van der Waals surface area (Å²) in [5, 5.41) is 0. The first-order valence-electron chi connectivity index (χ1n) is 11.4. The fourth-order valence-electron chi connectivity index (χ4n) is 4.04. The molecule has 154 valence electrons. The van der Waals surface area contributed by atoms with Crippen molar-refractivity contribution in [1.29, 1.82) is 0 Å². The number of unbranched alkanes of at least 4 members (excludes halogenated alkanes) is 3. The van der Waals surface area contributed by atoms with E-state index in [1.54, 1.807) is 0 Å². The standard InChI is InChI=1S/C25H43NO/c1-22-15-16-24(23(21-22)25(2,3)4)27-20-14-10-9-13-19-26-17-11-7-5-6-8-12-18-26/h15-16,21H,5-14,17-20H2,1-4H3. The predicted molar refractivity (Wildman–Crippen MR) is 118 cm³/mol. The smallest absolute Gasteiger partial charge is 0.123 e. The number of hydrogen-bond acceptors (Lipinski definition) is 2. The minimum absolute atomic E-state index is 0.131. The van der Waals surface area contributed by atoms with Crippen LogP contribution < -0.4 is 4.74 Å². The van der Waals surface area contributed by atoms with Gasteiger partial charge in [-0.3, -0.25) is 0 Å². The Balaban J connectivity index is 1.62. The maximum absolute atomic E-state index is 6.15. The molecule has 0 N–H and O–H groups in total. The molecule has 1 saturated heterocycles.